The monoisotopic (exact) mass is 532 g/mol. The summed E-state index contributed by atoms with van der Waals surface area (Å²) in [5.74, 6) is -0.276. The summed E-state index contributed by atoms with van der Waals surface area (Å²) >= 11 is 0. The van der Waals surface area contributed by atoms with Gasteiger partial charge in [-0.2, -0.15) is 0 Å². The molecule has 1 saturated heterocycles. The number of unbranched alkanes of at least 4 members (excludes halogenated alkanes) is 1. The molecule has 0 aliphatic carbocycles. The van der Waals surface area contributed by atoms with Crippen LogP contribution in [0.15, 0.2) is 61.7 Å². The molecule has 0 spiro atoms. The van der Waals surface area contributed by atoms with Crippen LogP contribution >= 0.6 is 0 Å². The fourth-order valence-corrected chi connectivity index (χ4v) is 4.81. The lowest BCUT2D eigenvalue weighted by atomic mass is 10.00. The molecule has 4 rings (SSSR count). The van der Waals surface area contributed by atoms with Crippen molar-refractivity contribution in [1.82, 2.24) is 14.8 Å². The fraction of sp³-hybridized carbons (Fsp3) is 0.387. The zero-order valence-corrected chi connectivity index (χ0v) is 23.4. The van der Waals surface area contributed by atoms with Gasteiger partial charge in [0, 0.05) is 37.1 Å². The number of aromatic nitrogens is 1. The molecule has 1 aliphatic rings. The summed E-state index contributed by atoms with van der Waals surface area (Å²) in [6.07, 6.45) is 2.63. The lowest BCUT2D eigenvalue weighted by Gasteiger charge is -2.37. The molecule has 2 heterocycles. The van der Waals surface area contributed by atoms with E-state index in [1.54, 1.807) is 12.1 Å². The number of aryl methyl sites for hydroxylation is 1. The second kappa shape index (κ2) is 14.3. The lowest BCUT2D eigenvalue weighted by Crippen LogP contribution is -2.49. The molecular weight excluding hydrogens is 492 g/mol. The zero-order chi connectivity index (χ0) is 28.4. The summed E-state index contributed by atoms with van der Waals surface area (Å²) in [5.41, 5.74) is 3.57. The van der Waals surface area contributed by atoms with E-state index in [9.17, 15) is 14.7 Å². The number of hydrogen-bond acceptors (Lipinski definition) is 7. The third kappa shape index (κ3) is 7.35. The Balaban J connectivity index is 0.00000205. The lowest BCUT2D eigenvalue weighted by molar-refractivity contribution is 0.0524. The normalized spacial score (nSPS) is 13.2. The molecule has 0 unspecified atom stereocenters. The first kappa shape index (κ1) is 29.6. The maximum absolute atomic E-state index is 13.3. The quantitative estimate of drug-likeness (QED) is 0.241. The van der Waals surface area contributed by atoms with Crippen molar-refractivity contribution >= 4 is 28.5 Å². The standard InChI is InChI=1S/C29H36N4O4.C2H4/c1-4-37-29(36)26-25(11-7-8-16-31(2)3)30-24-10-6-5-9-23(24)27(26)32-17-19-33(20-18-32)28(35)21-12-14-22(34)15-13-21;1-2/h5-6,9-10,12-15,34H,4,7-8,11,16-20H2,1-3H3;1-2H2. The average molecular weight is 533 g/mol. The number of esters is 1. The molecule has 8 nitrogen and oxygen atoms in total. The van der Waals surface area contributed by atoms with Gasteiger partial charge in [-0.3, -0.25) is 9.78 Å². The predicted octanol–water partition coefficient (Wildman–Crippen LogP) is 4.77. The summed E-state index contributed by atoms with van der Waals surface area (Å²) in [4.78, 5) is 37.4. The SMILES string of the molecule is C=C.CCOC(=O)c1c(CCCCN(C)C)nc2ccccc2c1N1CCN(C(=O)c2ccc(O)cc2)CC1. The molecule has 1 aliphatic heterocycles. The minimum Gasteiger partial charge on any atom is -0.508 e. The van der Waals surface area contributed by atoms with Gasteiger partial charge in [0.05, 0.1) is 23.5 Å². The van der Waals surface area contributed by atoms with E-state index in [0.29, 0.717) is 50.3 Å². The predicted molar refractivity (Wildman–Crippen MR) is 157 cm³/mol. The van der Waals surface area contributed by atoms with Crippen LogP contribution in [-0.2, 0) is 11.2 Å². The van der Waals surface area contributed by atoms with Gasteiger partial charge in [-0.25, -0.2) is 4.79 Å². The highest BCUT2D eigenvalue weighted by Gasteiger charge is 2.29. The maximum Gasteiger partial charge on any atom is 0.342 e. The molecule has 2 aromatic carbocycles. The van der Waals surface area contributed by atoms with E-state index in [0.717, 1.165) is 41.7 Å². The number of rotatable bonds is 9. The number of pyridine rings is 1. The number of fused-ring (bicyclic) bond motifs is 1. The Kier molecular flexibility index (Phi) is 10.9. The van der Waals surface area contributed by atoms with Crippen LogP contribution in [0.5, 0.6) is 5.75 Å². The summed E-state index contributed by atoms with van der Waals surface area (Å²) in [5, 5.41) is 10.5. The van der Waals surface area contributed by atoms with Gasteiger partial charge in [0.1, 0.15) is 11.3 Å². The third-order valence-corrected chi connectivity index (χ3v) is 6.69. The molecule has 1 amide bonds. The van der Waals surface area contributed by atoms with E-state index in [4.69, 9.17) is 9.72 Å². The van der Waals surface area contributed by atoms with Crippen LogP contribution < -0.4 is 4.90 Å². The topological polar surface area (TPSA) is 86.2 Å². The molecule has 208 valence electrons. The number of ether oxygens (including phenoxy) is 1. The highest BCUT2D eigenvalue weighted by Crippen LogP contribution is 2.34. The van der Waals surface area contributed by atoms with Crippen LogP contribution in [0, 0.1) is 0 Å². The van der Waals surface area contributed by atoms with Crippen LogP contribution in [0.4, 0.5) is 5.69 Å². The van der Waals surface area contributed by atoms with Crippen LogP contribution in [0.25, 0.3) is 10.9 Å². The summed E-state index contributed by atoms with van der Waals surface area (Å²) in [6.45, 7) is 11.3. The van der Waals surface area contributed by atoms with Gasteiger partial charge < -0.3 is 24.5 Å². The molecule has 1 N–H and O–H groups in total. The zero-order valence-electron chi connectivity index (χ0n) is 23.4. The van der Waals surface area contributed by atoms with Crippen molar-refractivity contribution in [1.29, 1.82) is 0 Å². The molecule has 8 heteroatoms. The van der Waals surface area contributed by atoms with Crippen molar-refractivity contribution in [2.75, 3.05) is 58.3 Å². The van der Waals surface area contributed by atoms with Crippen molar-refractivity contribution in [3.8, 4) is 5.75 Å². The van der Waals surface area contributed by atoms with Crippen molar-refractivity contribution < 1.29 is 19.4 Å². The van der Waals surface area contributed by atoms with Gasteiger partial charge in [0.15, 0.2) is 0 Å². The van der Waals surface area contributed by atoms with Crippen LogP contribution in [0.2, 0.25) is 0 Å². The molecule has 1 fully saturated rings. The van der Waals surface area contributed by atoms with E-state index in [-0.39, 0.29) is 17.6 Å². The fourth-order valence-electron chi connectivity index (χ4n) is 4.81. The van der Waals surface area contributed by atoms with Crippen LogP contribution in [0.3, 0.4) is 0 Å². The first-order valence-corrected chi connectivity index (χ1v) is 13.5. The first-order chi connectivity index (χ1) is 18.9. The smallest absolute Gasteiger partial charge is 0.342 e. The minimum atomic E-state index is -0.346. The van der Waals surface area contributed by atoms with Crippen molar-refractivity contribution in [2.24, 2.45) is 0 Å². The summed E-state index contributed by atoms with van der Waals surface area (Å²) < 4.78 is 5.52. The highest BCUT2D eigenvalue weighted by molar-refractivity contribution is 6.06. The van der Waals surface area contributed by atoms with Crippen molar-refractivity contribution in [2.45, 2.75) is 26.2 Å². The Morgan fingerprint density at radius 2 is 1.67 bits per heavy atom. The maximum atomic E-state index is 13.3. The number of hydrogen-bond donors (Lipinski definition) is 1. The number of piperazine rings is 1. The van der Waals surface area contributed by atoms with Gasteiger partial charge >= 0.3 is 5.97 Å². The van der Waals surface area contributed by atoms with Gasteiger partial charge in [-0.05, 0) is 77.2 Å². The number of para-hydroxylation sites is 1. The number of anilines is 1. The molecule has 0 saturated carbocycles. The van der Waals surface area contributed by atoms with Gasteiger partial charge in [0.2, 0.25) is 0 Å². The number of aromatic hydroxyl groups is 1. The molecule has 1 aromatic heterocycles. The van der Waals surface area contributed by atoms with Gasteiger partial charge in [-0.15, -0.1) is 13.2 Å². The van der Waals surface area contributed by atoms with Crippen molar-refractivity contribution in [3.63, 3.8) is 0 Å². The highest BCUT2D eigenvalue weighted by atomic mass is 16.5. The van der Waals surface area contributed by atoms with E-state index in [1.165, 1.54) is 12.1 Å². The largest absolute Gasteiger partial charge is 0.508 e. The molecule has 0 radical (unpaired) electrons. The summed E-state index contributed by atoms with van der Waals surface area (Å²) in [7, 11) is 4.12. The average Bonchev–Trinajstić information content (AvgIpc) is 2.95. The van der Waals surface area contributed by atoms with Gasteiger partial charge in [0.25, 0.3) is 5.91 Å². The minimum absolute atomic E-state index is 0.0635. The third-order valence-electron chi connectivity index (χ3n) is 6.69. The number of carbonyl (C=O) groups excluding carboxylic acids is 2. The summed E-state index contributed by atoms with van der Waals surface area (Å²) in [6, 6.07) is 14.3. The number of benzene rings is 2. The van der Waals surface area contributed by atoms with E-state index < -0.39 is 0 Å². The van der Waals surface area contributed by atoms with Crippen LogP contribution in [-0.4, -0.2) is 85.2 Å². The Morgan fingerprint density at radius 1 is 1.00 bits per heavy atom. The Hall–Kier alpha value is -3.91. The molecule has 0 bridgehead atoms. The van der Waals surface area contributed by atoms with Crippen LogP contribution in [0.1, 0.15) is 46.2 Å². The van der Waals surface area contributed by atoms with Crippen molar-refractivity contribution in [3.05, 3.63) is 78.5 Å². The van der Waals surface area contributed by atoms with E-state index >= 15 is 0 Å². The Morgan fingerprint density at radius 3 is 2.31 bits per heavy atom. The number of phenolic OH excluding ortho intramolecular Hbond substituents is 1. The van der Waals surface area contributed by atoms with Gasteiger partial charge in [-0.1, -0.05) is 18.2 Å². The molecule has 3 aromatic rings. The second-order valence-electron chi connectivity index (χ2n) is 9.61. The number of phenols is 1. The van der Waals surface area contributed by atoms with E-state index in [2.05, 4.69) is 37.1 Å². The Labute approximate surface area is 231 Å². The second-order valence-corrected chi connectivity index (χ2v) is 9.61. The number of amides is 1. The Bertz CT molecular complexity index is 1250. The van der Waals surface area contributed by atoms with E-state index in [1.807, 2.05) is 36.1 Å². The molecular formula is C31H40N4O4. The number of nitrogens with zero attached hydrogens (tertiary/aromatic N) is 4. The molecule has 39 heavy (non-hydrogen) atoms. The number of carbonyl (C=O) groups is 2. The molecule has 0 atom stereocenters. The first-order valence-electron chi connectivity index (χ1n) is 13.5.